The minimum absolute atomic E-state index is 0.117. The van der Waals surface area contributed by atoms with Crippen molar-refractivity contribution < 1.29 is 22.7 Å². The first-order valence-electron chi connectivity index (χ1n) is 6.15. The standard InChI is InChI=1S/C11H17F3N2O2S/c1-19-3-2-18-10(17)16-5-7-4-8(6-16)15-9(7)11(12,13)14/h7-9,15H,2-6H2,1H3. The van der Waals surface area contributed by atoms with Crippen molar-refractivity contribution in [1.29, 1.82) is 0 Å². The Morgan fingerprint density at radius 1 is 1.47 bits per heavy atom. The van der Waals surface area contributed by atoms with E-state index in [1.165, 1.54) is 4.90 Å². The molecule has 4 nitrogen and oxygen atoms in total. The van der Waals surface area contributed by atoms with Crippen LogP contribution in [0.15, 0.2) is 0 Å². The molecule has 3 atom stereocenters. The summed E-state index contributed by atoms with van der Waals surface area (Å²) in [7, 11) is 0. The SMILES string of the molecule is CSCCOC(=O)N1CC2CC(C1)C(C(F)(F)F)N2. The minimum atomic E-state index is -4.25. The molecule has 0 aliphatic carbocycles. The number of nitrogens with one attached hydrogen (secondary N) is 1. The van der Waals surface area contributed by atoms with E-state index in [9.17, 15) is 18.0 Å². The van der Waals surface area contributed by atoms with Crippen LogP contribution in [0.4, 0.5) is 18.0 Å². The van der Waals surface area contributed by atoms with Crippen LogP contribution in [0.1, 0.15) is 6.42 Å². The molecule has 2 aliphatic rings. The van der Waals surface area contributed by atoms with Gasteiger partial charge in [0.1, 0.15) is 12.6 Å². The Bertz CT molecular complexity index is 340. The fourth-order valence-electron chi connectivity index (χ4n) is 2.70. The molecule has 1 N–H and O–H groups in total. The molecule has 8 heteroatoms. The van der Waals surface area contributed by atoms with Gasteiger partial charge in [-0.2, -0.15) is 24.9 Å². The molecule has 0 aromatic heterocycles. The molecular weight excluding hydrogens is 281 g/mol. The molecule has 2 rings (SSSR count). The number of rotatable bonds is 3. The second-order valence-electron chi connectivity index (χ2n) is 4.89. The maximum absolute atomic E-state index is 12.8. The van der Waals surface area contributed by atoms with E-state index in [2.05, 4.69) is 5.32 Å². The van der Waals surface area contributed by atoms with Gasteiger partial charge in [0.05, 0.1) is 0 Å². The lowest BCUT2D eigenvalue weighted by atomic mass is 9.95. The number of hydrogen-bond acceptors (Lipinski definition) is 4. The highest BCUT2D eigenvalue weighted by Crippen LogP contribution is 2.36. The Hall–Kier alpha value is -0.630. The molecule has 1 amide bonds. The molecule has 2 fully saturated rings. The molecule has 110 valence electrons. The Morgan fingerprint density at radius 2 is 2.21 bits per heavy atom. The number of carbonyl (C=O) groups excluding carboxylic acids is 1. The molecule has 2 aliphatic heterocycles. The van der Waals surface area contributed by atoms with Crippen molar-refractivity contribution >= 4 is 17.9 Å². The van der Waals surface area contributed by atoms with E-state index in [0.29, 0.717) is 25.3 Å². The number of fused-ring (bicyclic) bond motifs is 2. The third-order valence-electron chi connectivity index (χ3n) is 3.49. The monoisotopic (exact) mass is 298 g/mol. The van der Waals surface area contributed by atoms with Crippen molar-refractivity contribution in [3.8, 4) is 0 Å². The molecule has 0 saturated carbocycles. The van der Waals surface area contributed by atoms with Gasteiger partial charge in [0.25, 0.3) is 0 Å². The van der Waals surface area contributed by atoms with Crippen LogP contribution in [-0.2, 0) is 4.74 Å². The fraction of sp³-hybridized carbons (Fsp3) is 0.909. The summed E-state index contributed by atoms with van der Waals surface area (Å²) in [6.07, 6.45) is -2.39. The summed E-state index contributed by atoms with van der Waals surface area (Å²) in [5, 5.41) is 2.57. The molecule has 0 aromatic rings. The highest BCUT2D eigenvalue weighted by molar-refractivity contribution is 7.98. The van der Waals surface area contributed by atoms with Gasteiger partial charge in [-0.05, 0) is 12.7 Å². The lowest BCUT2D eigenvalue weighted by Gasteiger charge is -2.31. The van der Waals surface area contributed by atoms with Gasteiger partial charge in [-0.25, -0.2) is 4.79 Å². The Kier molecular flexibility index (Phi) is 4.50. The van der Waals surface area contributed by atoms with Crippen molar-refractivity contribution in [1.82, 2.24) is 10.2 Å². The molecule has 2 saturated heterocycles. The summed E-state index contributed by atoms with van der Waals surface area (Å²) in [6.45, 7) is 0.703. The molecule has 0 spiro atoms. The lowest BCUT2D eigenvalue weighted by Crippen LogP contribution is -2.45. The summed E-state index contributed by atoms with van der Waals surface area (Å²) in [4.78, 5) is 13.1. The number of halogens is 3. The van der Waals surface area contributed by atoms with Crippen molar-refractivity contribution in [3.05, 3.63) is 0 Å². The number of hydrogen-bond donors (Lipinski definition) is 1. The first-order valence-corrected chi connectivity index (χ1v) is 7.54. The molecule has 19 heavy (non-hydrogen) atoms. The number of nitrogens with zero attached hydrogens (tertiary/aromatic N) is 1. The zero-order chi connectivity index (χ0) is 14.0. The van der Waals surface area contributed by atoms with Crippen LogP contribution in [0.2, 0.25) is 0 Å². The largest absolute Gasteiger partial charge is 0.449 e. The highest BCUT2D eigenvalue weighted by Gasteiger charge is 2.53. The zero-order valence-corrected chi connectivity index (χ0v) is 11.4. The van der Waals surface area contributed by atoms with Crippen LogP contribution in [0.3, 0.4) is 0 Å². The lowest BCUT2D eigenvalue weighted by molar-refractivity contribution is -0.161. The van der Waals surface area contributed by atoms with E-state index in [-0.39, 0.29) is 12.6 Å². The Labute approximate surface area is 114 Å². The number of ether oxygens (including phenoxy) is 1. The predicted molar refractivity (Wildman–Crippen MR) is 66.2 cm³/mol. The van der Waals surface area contributed by atoms with Gasteiger partial charge in [-0.1, -0.05) is 0 Å². The van der Waals surface area contributed by atoms with Crippen LogP contribution in [0.25, 0.3) is 0 Å². The number of piperidine rings is 1. The van der Waals surface area contributed by atoms with Gasteiger partial charge in [-0.15, -0.1) is 0 Å². The Morgan fingerprint density at radius 3 is 2.84 bits per heavy atom. The molecule has 3 unspecified atom stereocenters. The second kappa shape index (κ2) is 5.78. The molecule has 2 heterocycles. The van der Waals surface area contributed by atoms with E-state index < -0.39 is 24.2 Å². The van der Waals surface area contributed by atoms with Crippen molar-refractivity contribution in [2.45, 2.75) is 24.7 Å². The maximum atomic E-state index is 12.8. The fourth-order valence-corrected chi connectivity index (χ4v) is 2.95. The van der Waals surface area contributed by atoms with Crippen LogP contribution < -0.4 is 5.32 Å². The van der Waals surface area contributed by atoms with E-state index in [4.69, 9.17) is 4.74 Å². The molecule has 0 radical (unpaired) electrons. The predicted octanol–water partition coefficient (Wildman–Crippen LogP) is 1.71. The highest BCUT2D eigenvalue weighted by atomic mass is 32.2. The van der Waals surface area contributed by atoms with Gasteiger partial charge in [0, 0.05) is 30.8 Å². The van der Waals surface area contributed by atoms with E-state index in [1.807, 2.05) is 6.26 Å². The van der Waals surface area contributed by atoms with Gasteiger partial charge in [0.2, 0.25) is 0 Å². The first kappa shape index (κ1) is 14.8. The van der Waals surface area contributed by atoms with Gasteiger partial charge >= 0.3 is 12.3 Å². The van der Waals surface area contributed by atoms with Crippen molar-refractivity contribution in [2.75, 3.05) is 31.7 Å². The number of likely N-dealkylation sites (tertiary alicyclic amines) is 1. The average molecular weight is 298 g/mol. The third-order valence-corrected chi connectivity index (χ3v) is 4.07. The van der Waals surface area contributed by atoms with Crippen LogP contribution in [-0.4, -0.2) is 61.0 Å². The summed E-state index contributed by atoms with van der Waals surface area (Å²) in [5.41, 5.74) is 0. The normalized spacial score (nSPS) is 30.5. The smallest absolute Gasteiger partial charge is 0.409 e. The zero-order valence-electron chi connectivity index (χ0n) is 10.6. The van der Waals surface area contributed by atoms with Crippen molar-refractivity contribution in [3.63, 3.8) is 0 Å². The van der Waals surface area contributed by atoms with E-state index in [1.54, 1.807) is 11.8 Å². The summed E-state index contributed by atoms with van der Waals surface area (Å²) >= 11 is 1.55. The Balaban J connectivity index is 1.89. The third kappa shape index (κ3) is 3.47. The maximum Gasteiger partial charge on any atom is 0.409 e. The van der Waals surface area contributed by atoms with Crippen LogP contribution in [0.5, 0.6) is 0 Å². The average Bonchev–Trinajstić information content (AvgIpc) is 2.64. The van der Waals surface area contributed by atoms with Crippen LogP contribution >= 0.6 is 11.8 Å². The van der Waals surface area contributed by atoms with Crippen molar-refractivity contribution in [2.24, 2.45) is 5.92 Å². The second-order valence-corrected chi connectivity index (χ2v) is 5.88. The number of thioether (sulfide) groups is 1. The molecule has 2 bridgehead atoms. The van der Waals surface area contributed by atoms with E-state index >= 15 is 0 Å². The molecular formula is C11H17F3N2O2S. The first-order chi connectivity index (χ1) is 8.91. The van der Waals surface area contributed by atoms with Gasteiger partial charge < -0.3 is 15.0 Å². The number of alkyl halides is 3. The minimum Gasteiger partial charge on any atom is -0.449 e. The van der Waals surface area contributed by atoms with Gasteiger partial charge in [0.15, 0.2) is 0 Å². The quantitative estimate of drug-likeness (QED) is 0.806. The van der Waals surface area contributed by atoms with E-state index in [0.717, 1.165) is 0 Å². The summed E-state index contributed by atoms with van der Waals surface area (Å²) in [6, 6.07) is -1.78. The topological polar surface area (TPSA) is 41.6 Å². The number of amides is 1. The van der Waals surface area contributed by atoms with Crippen LogP contribution in [0, 0.1) is 5.92 Å². The summed E-state index contributed by atoms with van der Waals surface area (Å²) in [5.74, 6) is 0.127. The molecule has 0 aromatic carbocycles. The number of carbonyl (C=O) groups is 1. The summed E-state index contributed by atoms with van der Waals surface area (Å²) < 4.78 is 43.4. The van der Waals surface area contributed by atoms with Gasteiger partial charge in [-0.3, -0.25) is 0 Å².